The quantitative estimate of drug-likeness (QED) is 0.690. The van der Waals surface area contributed by atoms with Crippen molar-refractivity contribution < 1.29 is 13.0 Å². The zero-order chi connectivity index (χ0) is 13.9. The molecule has 1 aliphatic rings. The molecule has 0 aromatic carbocycles. The molecule has 0 unspecified atom stereocenters. The van der Waals surface area contributed by atoms with E-state index in [1.807, 2.05) is 0 Å². The number of nitrogens with one attached hydrogen (secondary N) is 2. The lowest BCUT2D eigenvalue weighted by Crippen LogP contribution is -2.23. The number of hydrogen-bond acceptors (Lipinski definition) is 5. The molecule has 0 spiro atoms. The molecule has 0 amide bonds. The second-order valence-corrected chi connectivity index (χ2v) is 6.58. The SMILES string of the molecule is CS(=O)(=O)O.c1csc(-c2n[nH]c3c2CNCC3)c1. The van der Waals surface area contributed by atoms with Gasteiger partial charge in [-0.25, -0.2) is 0 Å². The van der Waals surface area contributed by atoms with Gasteiger partial charge in [-0.3, -0.25) is 9.65 Å². The number of nitrogens with zero attached hydrogens (tertiary/aromatic N) is 1. The van der Waals surface area contributed by atoms with Crippen molar-refractivity contribution in [3.8, 4) is 10.6 Å². The third kappa shape index (κ3) is 4.13. The van der Waals surface area contributed by atoms with Crippen LogP contribution >= 0.6 is 11.3 Å². The van der Waals surface area contributed by atoms with Gasteiger partial charge in [-0.2, -0.15) is 13.5 Å². The molecule has 0 saturated heterocycles. The summed E-state index contributed by atoms with van der Waals surface area (Å²) in [7, 11) is -3.67. The second-order valence-electron chi connectivity index (χ2n) is 4.17. The standard InChI is InChI=1S/C10H11N3S.CH4O3S/c1-2-9(14-5-1)10-7-6-11-4-3-8(7)12-13-10;1-5(2,3)4/h1-2,5,11H,3-4,6H2,(H,12,13);1H3,(H,2,3,4). The van der Waals surface area contributed by atoms with Gasteiger partial charge in [0.05, 0.1) is 11.1 Å². The van der Waals surface area contributed by atoms with Gasteiger partial charge in [-0.05, 0) is 11.4 Å². The second kappa shape index (κ2) is 5.83. The first kappa shape index (κ1) is 14.2. The van der Waals surface area contributed by atoms with E-state index in [1.54, 1.807) is 11.3 Å². The van der Waals surface area contributed by atoms with E-state index < -0.39 is 10.1 Å². The number of aromatic amines is 1. The van der Waals surface area contributed by atoms with E-state index in [9.17, 15) is 8.42 Å². The lowest BCUT2D eigenvalue weighted by molar-refractivity contribution is 0.490. The molecule has 0 fully saturated rings. The minimum Gasteiger partial charge on any atom is -0.312 e. The summed E-state index contributed by atoms with van der Waals surface area (Å²) in [6, 6.07) is 4.19. The molecule has 0 saturated carbocycles. The van der Waals surface area contributed by atoms with Crippen LogP contribution in [0.2, 0.25) is 0 Å². The summed E-state index contributed by atoms with van der Waals surface area (Å²) < 4.78 is 25.9. The average molecular weight is 301 g/mol. The Balaban J connectivity index is 0.000000232. The summed E-state index contributed by atoms with van der Waals surface area (Å²) in [6.45, 7) is 2.00. The van der Waals surface area contributed by atoms with Gasteiger partial charge in [0.15, 0.2) is 0 Å². The molecule has 3 heterocycles. The van der Waals surface area contributed by atoms with Crippen molar-refractivity contribution in [2.45, 2.75) is 13.0 Å². The molecule has 0 bridgehead atoms. The van der Waals surface area contributed by atoms with E-state index in [1.165, 1.54) is 16.1 Å². The number of rotatable bonds is 1. The van der Waals surface area contributed by atoms with Crippen molar-refractivity contribution >= 4 is 21.5 Å². The minimum absolute atomic E-state index is 0.715. The molecular weight excluding hydrogens is 286 g/mol. The molecule has 3 rings (SSSR count). The number of aromatic nitrogens is 2. The van der Waals surface area contributed by atoms with Crippen molar-refractivity contribution in [2.75, 3.05) is 12.8 Å². The Bertz CT molecular complexity index is 624. The van der Waals surface area contributed by atoms with Crippen LogP contribution in [-0.4, -0.2) is 36.0 Å². The van der Waals surface area contributed by atoms with Crippen molar-refractivity contribution in [2.24, 2.45) is 0 Å². The van der Waals surface area contributed by atoms with E-state index in [-0.39, 0.29) is 0 Å². The van der Waals surface area contributed by atoms with Crippen LogP contribution in [0.3, 0.4) is 0 Å². The van der Waals surface area contributed by atoms with Crippen molar-refractivity contribution in [1.82, 2.24) is 15.5 Å². The average Bonchev–Trinajstić information content (AvgIpc) is 2.95. The molecule has 2 aromatic heterocycles. The molecule has 0 radical (unpaired) electrons. The van der Waals surface area contributed by atoms with Crippen LogP contribution < -0.4 is 5.32 Å². The van der Waals surface area contributed by atoms with E-state index >= 15 is 0 Å². The molecule has 2 aromatic rings. The highest BCUT2D eigenvalue weighted by Gasteiger charge is 2.17. The van der Waals surface area contributed by atoms with Crippen LogP contribution in [-0.2, 0) is 23.1 Å². The van der Waals surface area contributed by atoms with Gasteiger partial charge in [0.25, 0.3) is 10.1 Å². The number of fused-ring (bicyclic) bond motifs is 1. The Morgan fingerprint density at radius 3 is 2.84 bits per heavy atom. The zero-order valence-electron chi connectivity index (χ0n) is 10.4. The van der Waals surface area contributed by atoms with Crippen LogP contribution in [0.4, 0.5) is 0 Å². The van der Waals surface area contributed by atoms with Gasteiger partial charge in [0.2, 0.25) is 0 Å². The summed E-state index contributed by atoms with van der Waals surface area (Å²) in [5.74, 6) is 0. The van der Waals surface area contributed by atoms with Gasteiger partial charge >= 0.3 is 0 Å². The maximum Gasteiger partial charge on any atom is 0.261 e. The van der Waals surface area contributed by atoms with Crippen molar-refractivity contribution in [1.29, 1.82) is 0 Å². The highest BCUT2D eigenvalue weighted by Crippen LogP contribution is 2.28. The number of hydrogen-bond donors (Lipinski definition) is 3. The topological polar surface area (TPSA) is 95.1 Å². The molecule has 0 atom stereocenters. The lowest BCUT2D eigenvalue weighted by atomic mass is 10.1. The number of thiophene rings is 1. The summed E-state index contributed by atoms with van der Waals surface area (Å²) in [5, 5.41) is 13.0. The van der Waals surface area contributed by atoms with Crippen LogP contribution in [0, 0.1) is 0 Å². The van der Waals surface area contributed by atoms with Crippen molar-refractivity contribution in [3.05, 3.63) is 28.8 Å². The Morgan fingerprint density at radius 2 is 2.21 bits per heavy atom. The molecule has 19 heavy (non-hydrogen) atoms. The first-order valence-electron chi connectivity index (χ1n) is 5.68. The molecule has 104 valence electrons. The molecule has 3 N–H and O–H groups in total. The Hall–Kier alpha value is -1.22. The van der Waals surface area contributed by atoms with Gasteiger partial charge in [-0.1, -0.05) is 6.07 Å². The largest absolute Gasteiger partial charge is 0.312 e. The fourth-order valence-electron chi connectivity index (χ4n) is 1.84. The van der Waals surface area contributed by atoms with Gasteiger partial charge in [0.1, 0.15) is 5.69 Å². The fraction of sp³-hybridized carbons (Fsp3) is 0.364. The maximum absolute atomic E-state index is 9.19. The summed E-state index contributed by atoms with van der Waals surface area (Å²) >= 11 is 1.74. The highest BCUT2D eigenvalue weighted by atomic mass is 32.2. The Labute approximate surface area is 115 Å². The molecule has 1 aliphatic heterocycles. The monoisotopic (exact) mass is 301 g/mol. The van der Waals surface area contributed by atoms with Crippen molar-refractivity contribution in [3.63, 3.8) is 0 Å². The van der Waals surface area contributed by atoms with E-state index in [2.05, 4.69) is 33.0 Å². The molecule has 6 nitrogen and oxygen atoms in total. The molecule has 8 heteroatoms. The van der Waals surface area contributed by atoms with Gasteiger partial charge < -0.3 is 5.32 Å². The van der Waals surface area contributed by atoms with Gasteiger partial charge in [-0.15, -0.1) is 11.3 Å². The maximum atomic E-state index is 9.19. The summed E-state index contributed by atoms with van der Waals surface area (Å²) in [5.41, 5.74) is 3.77. The van der Waals surface area contributed by atoms with E-state index in [4.69, 9.17) is 4.55 Å². The Kier molecular flexibility index (Phi) is 4.35. The van der Waals surface area contributed by atoms with Crippen LogP contribution in [0.5, 0.6) is 0 Å². The number of H-pyrrole nitrogens is 1. The summed E-state index contributed by atoms with van der Waals surface area (Å²) in [6.07, 6.45) is 1.78. The fourth-order valence-corrected chi connectivity index (χ4v) is 2.58. The van der Waals surface area contributed by atoms with Gasteiger partial charge in [0, 0.05) is 30.8 Å². The smallest absolute Gasteiger partial charge is 0.261 e. The lowest BCUT2D eigenvalue weighted by Gasteiger charge is -2.12. The predicted octanol–water partition coefficient (Wildman–Crippen LogP) is 1.29. The first-order chi connectivity index (χ1) is 8.95. The predicted molar refractivity (Wildman–Crippen MR) is 74.8 cm³/mol. The van der Waals surface area contributed by atoms with Crippen LogP contribution in [0.15, 0.2) is 17.5 Å². The Morgan fingerprint density at radius 1 is 1.47 bits per heavy atom. The third-order valence-electron chi connectivity index (χ3n) is 2.56. The highest BCUT2D eigenvalue weighted by molar-refractivity contribution is 7.85. The summed E-state index contributed by atoms with van der Waals surface area (Å²) in [4.78, 5) is 1.26. The molecule has 0 aliphatic carbocycles. The van der Waals surface area contributed by atoms with Crippen LogP contribution in [0.1, 0.15) is 11.3 Å². The normalized spacial score (nSPS) is 14.4. The van der Waals surface area contributed by atoms with Crippen LogP contribution in [0.25, 0.3) is 10.6 Å². The van der Waals surface area contributed by atoms with E-state index in [0.29, 0.717) is 6.26 Å². The minimum atomic E-state index is -3.67. The van der Waals surface area contributed by atoms with E-state index in [0.717, 1.165) is 25.2 Å². The first-order valence-corrected chi connectivity index (χ1v) is 8.41. The zero-order valence-corrected chi connectivity index (χ0v) is 12.0. The third-order valence-corrected chi connectivity index (χ3v) is 3.44. The molecular formula is C11H15N3O3S2.